The Morgan fingerprint density at radius 3 is 2.32 bits per heavy atom. The van der Waals surface area contributed by atoms with E-state index in [0.29, 0.717) is 26.1 Å². The van der Waals surface area contributed by atoms with Gasteiger partial charge in [0.15, 0.2) is 0 Å². The summed E-state index contributed by atoms with van der Waals surface area (Å²) in [5.74, 6) is -0.372. The summed E-state index contributed by atoms with van der Waals surface area (Å²) in [5, 5.41) is 9.49. The zero-order valence-electron chi connectivity index (χ0n) is 19.8. The number of benzene rings is 1. The van der Waals surface area contributed by atoms with Crippen LogP contribution >= 0.6 is 0 Å². The predicted octanol–water partition coefficient (Wildman–Crippen LogP) is 3.83. The summed E-state index contributed by atoms with van der Waals surface area (Å²) in [7, 11) is -2.06. The molecule has 1 heterocycles. The lowest BCUT2D eigenvalue weighted by Gasteiger charge is -2.48. The third kappa shape index (κ3) is 5.14. The quantitative estimate of drug-likeness (QED) is 0.293. The van der Waals surface area contributed by atoms with Crippen LogP contribution in [0.4, 0.5) is 0 Å². The minimum absolute atomic E-state index is 0.0260. The molecule has 1 saturated heterocycles. The van der Waals surface area contributed by atoms with E-state index in [1.165, 1.54) is 0 Å². The molecule has 0 amide bonds. The third-order valence-corrected chi connectivity index (χ3v) is 12.0. The summed E-state index contributed by atoms with van der Waals surface area (Å²) in [6.45, 7) is 12.1. The van der Waals surface area contributed by atoms with Gasteiger partial charge in [-0.2, -0.15) is 0 Å². The van der Waals surface area contributed by atoms with Crippen molar-refractivity contribution in [3.8, 4) is 0 Å². The Labute approximate surface area is 188 Å². The van der Waals surface area contributed by atoms with Crippen molar-refractivity contribution in [2.75, 3.05) is 26.2 Å². The summed E-state index contributed by atoms with van der Waals surface area (Å²) >= 11 is 0. The first-order valence-electron chi connectivity index (χ1n) is 11.3. The number of aliphatic carboxylic acids is 1. The Hall–Kier alpha value is -1.06. The van der Waals surface area contributed by atoms with Gasteiger partial charge in [0, 0.05) is 32.9 Å². The van der Waals surface area contributed by atoms with Gasteiger partial charge in [-0.25, -0.2) is 4.31 Å². The molecule has 1 saturated carbocycles. The largest absolute Gasteiger partial charge is 0.481 e. The summed E-state index contributed by atoms with van der Waals surface area (Å²) < 4.78 is 27.6. The molecule has 1 aliphatic heterocycles. The van der Waals surface area contributed by atoms with Crippen molar-refractivity contribution >= 4 is 24.2 Å². The lowest BCUT2D eigenvalue weighted by Crippen LogP contribution is -2.56. The molecule has 0 radical (unpaired) electrons. The summed E-state index contributed by atoms with van der Waals surface area (Å²) in [6.07, 6.45) is 1.15. The van der Waals surface area contributed by atoms with Gasteiger partial charge in [0.2, 0.25) is 0 Å². The number of ether oxygens (including phenoxy) is 2. The minimum atomic E-state index is -2.76. The second kappa shape index (κ2) is 9.06. The van der Waals surface area contributed by atoms with Crippen LogP contribution in [0.2, 0.25) is 25.7 Å². The molecule has 0 bridgehead atoms. The minimum Gasteiger partial charge on any atom is -0.481 e. The smallest absolute Gasteiger partial charge is 0.314 e. The van der Waals surface area contributed by atoms with Crippen LogP contribution in [0.25, 0.3) is 0 Å². The van der Waals surface area contributed by atoms with Gasteiger partial charge in [-0.3, -0.25) is 9.00 Å². The molecule has 1 aliphatic carbocycles. The molecule has 8 heteroatoms. The van der Waals surface area contributed by atoms with E-state index in [0.717, 1.165) is 17.2 Å². The Kier molecular flexibility index (Phi) is 7.18. The number of likely N-dealkylation sites (N-methyl/N-ethyl adjacent to an activating group) is 1. The maximum absolute atomic E-state index is 13.9. The number of nitrogens with zero attached hydrogens (tertiary/aromatic N) is 1. The van der Waals surface area contributed by atoms with Crippen LogP contribution in [0.15, 0.2) is 24.3 Å². The molecule has 1 aromatic rings. The average Bonchev–Trinajstić information content (AvgIpc) is 3.46. The number of hydrogen-bond acceptors (Lipinski definition) is 4. The molecule has 2 atom stereocenters. The predicted molar refractivity (Wildman–Crippen MR) is 129 cm³/mol. The van der Waals surface area contributed by atoms with Gasteiger partial charge in [-0.15, -0.1) is 0 Å². The fraction of sp³-hybridized carbons (Fsp3) is 0.696. The molecule has 3 rings (SSSR count). The number of carboxylic acid groups (broad SMARTS) is 1. The van der Waals surface area contributed by atoms with E-state index in [2.05, 4.69) is 19.6 Å². The molecule has 2 unspecified atom stereocenters. The van der Waals surface area contributed by atoms with Gasteiger partial charge >= 0.3 is 5.97 Å². The number of carbonyl (C=O) groups is 1. The second-order valence-corrected chi connectivity index (χ2v) is 19.7. The fourth-order valence-corrected chi connectivity index (χ4v) is 7.05. The van der Waals surface area contributed by atoms with Crippen LogP contribution in [-0.2, 0) is 29.8 Å². The van der Waals surface area contributed by atoms with Crippen molar-refractivity contribution < 1.29 is 23.6 Å². The van der Waals surface area contributed by atoms with Crippen molar-refractivity contribution in [2.45, 2.75) is 75.2 Å². The zero-order valence-corrected chi connectivity index (χ0v) is 21.7. The van der Waals surface area contributed by atoms with E-state index >= 15 is 0 Å². The SMILES string of the molecule is CC(C)[SH](=O)(COCC[Si](C)(C)C)N(C)C1OCC1c1ccc(C2(C(=O)O)CC2)cc1. The van der Waals surface area contributed by atoms with Gasteiger partial charge in [0.1, 0.15) is 12.2 Å². The molecule has 6 nitrogen and oxygen atoms in total. The normalized spacial score (nSPS) is 23.6. The molecular weight excluding hydrogens is 430 g/mol. The first kappa shape index (κ1) is 24.6. The summed E-state index contributed by atoms with van der Waals surface area (Å²) in [5.41, 5.74) is 1.28. The van der Waals surface area contributed by atoms with Gasteiger partial charge < -0.3 is 14.6 Å². The molecule has 31 heavy (non-hydrogen) atoms. The Morgan fingerprint density at radius 2 is 1.90 bits per heavy atom. The monoisotopic (exact) mass is 469 g/mol. The van der Waals surface area contributed by atoms with Crippen molar-refractivity contribution in [3.05, 3.63) is 35.4 Å². The summed E-state index contributed by atoms with van der Waals surface area (Å²) in [4.78, 5) is 11.6. The Bertz CT molecular complexity index is 831. The van der Waals surface area contributed by atoms with Crippen molar-refractivity contribution in [2.24, 2.45) is 0 Å². The highest BCUT2D eigenvalue weighted by Crippen LogP contribution is 2.49. The molecule has 1 N–H and O–H groups in total. The van der Waals surface area contributed by atoms with Crippen LogP contribution in [0.5, 0.6) is 0 Å². The van der Waals surface area contributed by atoms with Crippen LogP contribution < -0.4 is 0 Å². The van der Waals surface area contributed by atoms with Gasteiger partial charge in [-0.1, -0.05) is 57.8 Å². The third-order valence-electron chi connectivity index (χ3n) is 6.82. The van der Waals surface area contributed by atoms with Crippen LogP contribution in [0, 0.1) is 0 Å². The van der Waals surface area contributed by atoms with Crippen molar-refractivity contribution in [1.82, 2.24) is 4.31 Å². The molecule has 1 aromatic carbocycles. The van der Waals surface area contributed by atoms with E-state index in [4.69, 9.17) is 9.47 Å². The lowest BCUT2D eigenvalue weighted by atomic mass is 9.90. The van der Waals surface area contributed by atoms with E-state index in [1.807, 2.05) is 49.5 Å². The van der Waals surface area contributed by atoms with Gasteiger partial charge in [-0.05, 0) is 40.1 Å². The van der Waals surface area contributed by atoms with Crippen molar-refractivity contribution in [1.29, 1.82) is 0 Å². The zero-order chi connectivity index (χ0) is 23.0. The molecular formula is C23H39NO5SSi. The van der Waals surface area contributed by atoms with E-state index < -0.39 is 29.6 Å². The van der Waals surface area contributed by atoms with Gasteiger partial charge in [0.05, 0.1) is 12.0 Å². The molecule has 2 aliphatic rings. The maximum atomic E-state index is 13.9. The fourth-order valence-electron chi connectivity index (χ4n) is 4.08. The number of rotatable bonds is 11. The Morgan fingerprint density at radius 1 is 1.29 bits per heavy atom. The van der Waals surface area contributed by atoms with Crippen LogP contribution in [0.1, 0.15) is 43.7 Å². The van der Waals surface area contributed by atoms with Gasteiger partial charge in [0.25, 0.3) is 0 Å². The average molecular weight is 470 g/mol. The summed E-state index contributed by atoms with van der Waals surface area (Å²) in [6, 6.07) is 8.95. The topological polar surface area (TPSA) is 76.1 Å². The van der Waals surface area contributed by atoms with Crippen LogP contribution in [0.3, 0.4) is 0 Å². The first-order valence-corrected chi connectivity index (χ1v) is 16.9. The highest BCUT2D eigenvalue weighted by Gasteiger charge is 2.51. The second-order valence-electron chi connectivity index (χ2n) is 10.6. The standard InChI is InChI=1S/C23H39NO5SSi/c1-17(2)30(27,16-28-13-14-31(4,5)6)24(3)21-20(15-29-21)18-7-9-19(10-8-18)23(11-12-23)22(25)26/h7-10,17,20-21,30H,11-16H2,1-6H3,(H,25,26). The van der Waals surface area contributed by atoms with E-state index in [1.54, 1.807) is 0 Å². The lowest BCUT2D eigenvalue weighted by molar-refractivity contribution is -0.140. The Balaban J connectivity index is 1.67. The van der Waals surface area contributed by atoms with E-state index in [-0.39, 0.29) is 23.3 Å². The molecule has 0 aromatic heterocycles. The number of thiol groups is 1. The van der Waals surface area contributed by atoms with Crippen LogP contribution in [-0.4, -0.2) is 65.3 Å². The van der Waals surface area contributed by atoms with Crippen molar-refractivity contribution in [3.63, 3.8) is 0 Å². The molecule has 176 valence electrons. The highest BCUT2D eigenvalue weighted by atomic mass is 32.3. The molecule has 2 fully saturated rings. The number of carboxylic acids is 1. The molecule has 0 spiro atoms. The van der Waals surface area contributed by atoms with E-state index in [9.17, 15) is 14.1 Å². The number of hydrogen-bond donors (Lipinski definition) is 2. The highest BCUT2D eigenvalue weighted by molar-refractivity contribution is 8.01. The maximum Gasteiger partial charge on any atom is 0.314 e. The first-order chi connectivity index (χ1) is 14.4.